The lowest BCUT2D eigenvalue weighted by Gasteiger charge is -2.27. The van der Waals surface area contributed by atoms with Crippen molar-refractivity contribution < 1.29 is 4.74 Å². The van der Waals surface area contributed by atoms with Crippen LogP contribution in [0.15, 0.2) is 6.20 Å². The van der Waals surface area contributed by atoms with Crippen molar-refractivity contribution in [3.05, 3.63) is 17.7 Å². The molecular weight excluding hydrogens is 202 g/mol. The maximum absolute atomic E-state index is 5.78. The average Bonchev–Trinajstić information content (AvgIpc) is 2.75. The largest absolute Gasteiger partial charge is 0.368 e. The third-order valence-corrected chi connectivity index (χ3v) is 3.66. The molecule has 1 N–H and O–H groups in total. The van der Waals surface area contributed by atoms with Crippen LogP contribution in [0.2, 0.25) is 0 Å². The van der Waals surface area contributed by atoms with Crippen molar-refractivity contribution >= 4 is 0 Å². The monoisotopic (exact) mass is 221 g/mol. The van der Waals surface area contributed by atoms with Crippen molar-refractivity contribution in [1.29, 1.82) is 0 Å². The summed E-state index contributed by atoms with van der Waals surface area (Å²) in [4.78, 5) is 4.57. The Morgan fingerprint density at radius 1 is 1.56 bits per heavy atom. The third kappa shape index (κ3) is 1.66. The van der Waals surface area contributed by atoms with E-state index in [0.29, 0.717) is 5.92 Å². The first-order valence-electron chi connectivity index (χ1n) is 6.24. The van der Waals surface area contributed by atoms with Crippen LogP contribution in [-0.4, -0.2) is 29.2 Å². The van der Waals surface area contributed by atoms with Gasteiger partial charge in [-0.3, -0.25) is 0 Å². The van der Waals surface area contributed by atoms with E-state index in [0.717, 1.165) is 32.1 Å². The van der Waals surface area contributed by atoms with Crippen LogP contribution in [0.4, 0.5) is 0 Å². The molecular formula is C12H19N3O. The van der Waals surface area contributed by atoms with E-state index in [1.807, 2.05) is 6.20 Å². The fourth-order valence-corrected chi connectivity index (χ4v) is 2.73. The molecule has 0 amide bonds. The molecule has 2 aliphatic heterocycles. The molecule has 0 bridgehead atoms. The van der Waals surface area contributed by atoms with E-state index in [4.69, 9.17) is 4.74 Å². The molecule has 4 heteroatoms. The third-order valence-electron chi connectivity index (χ3n) is 3.66. The first-order chi connectivity index (χ1) is 7.86. The number of imidazole rings is 1. The van der Waals surface area contributed by atoms with Gasteiger partial charge in [0.15, 0.2) is 0 Å². The molecule has 0 radical (unpaired) electrons. The van der Waals surface area contributed by atoms with Gasteiger partial charge < -0.3 is 14.6 Å². The number of hydrogen-bond donors (Lipinski definition) is 1. The zero-order valence-corrected chi connectivity index (χ0v) is 9.78. The Morgan fingerprint density at radius 2 is 2.50 bits per heavy atom. The highest BCUT2D eigenvalue weighted by molar-refractivity contribution is 5.14. The molecule has 0 aromatic carbocycles. The van der Waals surface area contributed by atoms with Crippen molar-refractivity contribution in [2.24, 2.45) is 0 Å². The van der Waals surface area contributed by atoms with Crippen LogP contribution in [0.25, 0.3) is 0 Å². The highest BCUT2D eigenvalue weighted by Crippen LogP contribution is 2.30. The molecule has 2 unspecified atom stereocenters. The van der Waals surface area contributed by atoms with Gasteiger partial charge in [0.2, 0.25) is 0 Å². The fourth-order valence-electron chi connectivity index (χ4n) is 2.73. The van der Waals surface area contributed by atoms with E-state index in [9.17, 15) is 0 Å². The summed E-state index contributed by atoms with van der Waals surface area (Å²) >= 11 is 0. The summed E-state index contributed by atoms with van der Waals surface area (Å²) in [6.45, 7) is 6.04. The Labute approximate surface area is 96.0 Å². The van der Waals surface area contributed by atoms with Crippen LogP contribution in [0.5, 0.6) is 0 Å². The quantitative estimate of drug-likeness (QED) is 0.780. The Kier molecular flexibility index (Phi) is 2.69. The van der Waals surface area contributed by atoms with Crippen molar-refractivity contribution in [2.75, 3.05) is 19.7 Å². The number of nitrogens with zero attached hydrogens (tertiary/aromatic N) is 2. The second-order valence-electron chi connectivity index (χ2n) is 4.80. The van der Waals surface area contributed by atoms with Crippen molar-refractivity contribution in [3.8, 4) is 0 Å². The standard InChI is InChI=1S/C12H19N3O/c1-9-3-2-5-15-10(9)7-14-12(15)11-8-13-4-6-16-11/h7,9,11,13H,2-6,8H2,1H3. The molecule has 1 saturated heterocycles. The van der Waals surface area contributed by atoms with Gasteiger partial charge in [-0.1, -0.05) is 6.92 Å². The molecule has 2 aliphatic rings. The van der Waals surface area contributed by atoms with Gasteiger partial charge in [0.05, 0.1) is 6.61 Å². The summed E-state index contributed by atoms with van der Waals surface area (Å²) < 4.78 is 8.14. The van der Waals surface area contributed by atoms with E-state index in [2.05, 4.69) is 21.8 Å². The molecule has 1 aromatic heterocycles. The van der Waals surface area contributed by atoms with Gasteiger partial charge in [0.1, 0.15) is 11.9 Å². The van der Waals surface area contributed by atoms with Crippen molar-refractivity contribution in [1.82, 2.24) is 14.9 Å². The van der Waals surface area contributed by atoms with Gasteiger partial charge in [0.25, 0.3) is 0 Å². The zero-order chi connectivity index (χ0) is 11.0. The highest BCUT2D eigenvalue weighted by Gasteiger charge is 2.26. The smallest absolute Gasteiger partial charge is 0.139 e. The predicted octanol–water partition coefficient (Wildman–Crippen LogP) is 1.44. The second kappa shape index (κ2) is 4.18. The molecule has 3 heterocycles. The lowest BCUT2D eigenvalue weighted by molar-refractivity contribution is 0.0195. The zero-order valence-electron chi connectivity index (χ0n) is 9.78. The first kappa shape index (κ1) is 10.3. The number of nitrogens with one attached hydrogen (secondary N) is 1. The number of aromatic nitrogens is 2. The van der Waals surface area contributed by atoms with E-state index < -0.39 is 0 Å². The lowest BCUT2D eigenvalue weighted by atomic mass is 9.98. The molecule has 0 aliphatic carbocycles. The number of ether oxygens (including phenoxy) is 1. The van der Waals surface area contributed by atoms with Crippen LogP contribution in [0.1, 0.15) is 43.3 Å². The minimum atomic E-state index is 0.146. The maximum atomic E-state index is 5.78. The summed E-state index contributed by atoms with van der Waals surface area (Å²) in [6.07, 6.45) is 4.73. The summed E-state index contributed by atoms with van der Waals surface area (Å²) in [5.41, 5.74) is 1.38. The average molecular weight is 221 g/mol. The maximum Gasteiger partial charge on any atom is 0.139 e. The molecule has 1 aromatic rings. The van der Waals surface area contributed by atoms with Gasteiger partial charge >= 0.3 is 0 Å². The van der Waals surface area contributed by atoms with Gasteiger partial charge in [-0.2, -0.15) is 0 Å². The fraction of sp³-hybridized carbons (Fsp3) is 0.750. The molecule has 4 nitrogen and oxygen atoms in total. The topological polar surface area (TPSA) is 39.1 Å². The molecule has 88 valence electrons. The SMILES string of the molecule is CC1CCCn2c1cnc2C1CNCCO1. The summed E-state index contributed by atoms with van der Waals surface area (Å²) in [5, 5.41) is 3.36. The highest BCUT2D eigenvalue weighted by atomic mass is 16.5. The number of morpholine rings is 1. The summed E-state index contributed by atoms with van der Waals surface area (Å²) in [5.74, 6) is 1.76. The lowest BCUT2D eigenvalue weighted by Crippen LogP contribution is -2.35. The Hall–Kier alpha value is -0.870. The molecule has 1 fully saturated rings. The first-order valence-corrected chi connectivity index (χ1v) is 6.24. The van der Waals surface area contributed by atoms with Crippen LogP contribution in [-0.2, 0) is 11.3 Å². The molecule has 0 spiro atoms. The number of rotatable bonds is 1. The van der Waals surface area contributed by atoms with E-state index in [1.165, 1.54) is 18.5 Å². The number of fused-ring (bicyclic) bond motifs is 1. The molecule has 16 heavy (non-hydrogen) atoms. The Balaban J connectivity index is 1.89. The predicted molar refractivity (Wildman–Crippen MR) is 61.4 cm³/mol. The minimum Gasteiger partial charge on any atom is -0.368 e. The van der Waals surface area contributed by atoms with Crippen LogP contribution in [0.3, 0.4) is 0 Å². The summed E-state index contributed by atoms with van der Waals surface area (Å²) in [7, 11) is 0. The Bertz CT molecular complexity index is 368. The molecule has 3 rings (SSSR count). The normalized spacial score (nSPS) is 30.1. The summed E-state index contributed by atoms with van der Waals surface area (Å²) in [6, 6.07) is 0. The van der Waals surface area contributed by atoms with Gasteiger partial charge in [0, 0.05) is 31.5 Å². The van der Waals surface area contributed by atoms with Crippen LogP contribution in [0, 0.1) is 0 Å². The van der Waals surface area contributed by atoms with E-state index in [-0.39, 0.29) is 6.10 Å². The minimum absolute atomic E-state index is 0.146. The van der Waals surface area contributed by atoms with Gasteiger partial charge in [-0.05, 0) is 18.8 Å². The van der Waals surface area contributed by atoms with Gasteiger partial charge in [-0.25, -0.2) is 4.98 Å². The van der Waals surface area contributed by atoms with Gasteiger partial charge in [-0.15, -0.1) is 0 Å². The van der Waals surface area contributed by atoms with Crippen LogP contribution < -0.4 is 5.32 Å². The van der Waals surface area contributed by atoms with Crippen molar-refractivity contribution in [2.45, 2.75) is 38.3 Å². The molecule has 2 atom stereocenters. The Morgan fingerprint density at radius 3 is 3.31 bits per heavy atom. The van der Waals surface area contributed by atoms with E-state index >= 15 is 0 Å². The molecule has 0 saturated carbocycles. The number of hydrogen-bond acceptors (Lipinski definition) is 3. The van der Waals surface area contributed by atoms with Crippen LogP contribution >= 0.6 is 0 Å². The van der Waals surface area contributed by atoms with Crippen molar-refractivity contribution in [3.63, 3.8) is 0 Å². The second-order valence-corrected chi connectivity index (χ2v) is 4.80. The van der Waals surface area contributed by atoms with E-state index in [1.54, 1.807) is 0 Å².